The van der Waals surface area contributed by atoms with E-state index in [-0.39, 0.29) is 35.7 Å². The minimum Gasteiger partial charge on any atom is -0.394 e. The van der Waals surface area contributed by atoms with Gasteiger partial charge in [-0.25, -0.2) is 13.2 Å². The third kappa shape index (κ3) is 3.22. The van der Waals surface area contributed by atoms with Crippen molar-refractivity contribution in [3.05, 3.63) is 59.4 Å². The van der Waals surface area contributed by atoms with Crippen LogP contribution in [0.25, 0.3) is 22.2 Å². The molecule has 2 aliphatic rings. The van der Waals surface area contributed by atoms with E-state index in [2.05, 4.69) is 4.98 Å². The van der Waals surface area contributed by atoms with Gasteiger partial charge in [0, 0.05) is 24.4 Å². The van der Waals surface area contributed by atoms with Crippen molar-refractivity contribution in [1.29, 1.82) is 0 Å². The smallest absolute Gasteiger partial charge is 0.226 e. The quantitative estimate of drug-likeness (QED) is 0.617. The Balaban J connectivity index is 1.49. The van der Waals surface area contributed by atoms with Gasteiger partial charge < -0.3 is 15.0 Å². The largest absolute Gasteiger partial charge is 0.394 e. The molecule has 2 aromatic carbocycles. The predicted octanol–water partition coefficient (Wildman–Crippen LogP) is 4.73. The summed E-state index contributed by atoms with van der Waals surface area (Å²) in [6, 6.07) is 8.00. The molecule has 4 nitrogen and oxygen atoms in total. The summed E-state index contributed by atoms with van der Waals surface area (Å²) in [4.78, 5) is 17.6. The summed E-state index contributed by atoms with van der Waals surface area (Å²) < 4.78 is 41.9. The van der Waals surface area contributed by atoms with E-state index in [9.17, 15) is 23.1 Å². The number of carbonyl (C=O) groups excluding carboxylic acids is 1. The van der Waals surface area contributed by atoms with Crippen LogP contribution in [0.15, 0.2) is 36.4 Å². The monoisotopic (exact) mass is 428 g/mol. The zero-order valence-corrected chi connectivity index (χ0v) is 17.1. The highest BCUT2D eigenvalue weighted by Crippen LogP contribution is 2.50. The number of hydrogen-bond donors (Lipinski definition) is 2. The fraction of sp³-hybridized carbons (Fsp3) is 0.375. The van der Waals surface area contributed by atoms with Crippen LogP contribution in [-0.2, 0) is 4.79 Å². The number of aliphatic hydroxyl groups excluding tert-OH is 1. The highest BCUT2D eigenvalue weighted by molar-refractivity contribution is 5.92. The maximum atomic E-state index is 14.5. The maximum Gasteiger partial charge on any atom is 0.226 e. The predicted molar refractivity (Wildman–Crippen MR) is 111 cm³/mol. The minimum absolute atomic E-state index is 0.00309. The van der Waals surface area contributed by atoms with Crippen LogP contribution in [0.4, 0.5) is 13.2 Å². The van der Waals surface area contributed by atoms with E-state index in [1.807, 2.05) is 0 Å². The third-order valence-electron chi connectivity index (χ3n) is 7.06. The van der Waals surface area contributed by atoms with Gasteiger partial charge in [-0.3, -0.25) is 4.79 Å². The molecule has 1 aromatic heterocycles. The number of fused-ring (bicyclic) bond motifs is 1. The van der Waals surface area contributed by atoms with Gasteiger partial charge in [-0.2, -0.15) is 0 Å². The summed E-state index contributed by atoms with van der Waals surface area (Å²) in [5.41, 5.74) is 1.85. The van der Waals surface area contributed by atoms with Gasteiger partial charge in [0.15, 0.2) is 0 Å². The van der Waals surface area contributed by atoms with Crippen LogP contribution < -0.4 is 0 Å². The molecular formula is C24H23F3N2O2. The molecule has 0 unspecified atom stereocenters. The minimum atomic E-state index is -0.685. The summed E-state index contributed by atoms with van der Waals surface area (Å²) in [6.45, 7) is -0.0406. The van der Waals surface area contributed by atoms with Crippen LogP contribution in [0.2, 0.25) is 0 Å². The standard InChI is InChI=1S/C24H23F3N2O2/c1-29(24(12-30)6-7-24)23(31)15-8-14(9-15)20-18-10-17(26)11-19(27)22(18)28-21(20)13-2-4-16(25)5-3-13/h2-5,10-11,14-15,28,30H,6-9,12H2,1H3/t14-,15-. The molecule has 0 aliphatic heterocycles. The first-order chi connectivity index (χ1) is 14.8. The van der Waals surface area contributed by atoms with E-state index in [1.54, 1.807) is 24.1 Å². The van der Waals surface area contributed by atoms with Crippen molar-refractivity contribution in [3.8, 4) is 11.3 Å². The molecular weight excluding hydrogens is 405 g/mol. The van der Waals surface area contributed by atoms with Crippen LogP contribution in [0.3, 0.4) is 0 Å². The molecule has 162 valence electrons. The summed E-state index contributed by atoms with van der Waals surface area (Å²) in [6.07, 6.45) is 2.73. The Labute approximate surface area is 177 Å². The van der Waals surface area contributed by atoms with Gasteiger partial charge in [0.1, 0.15) is 17.5 Å². The Bertz CT molecular complexity index is 1160. The number of aromatic nitrogens is 1. The fourth-order valence-electron chi connectivity index (χ4n) is 4.82. The second-order valence-corrected chi connectivity index (χ2v) is 8.88. The molecule has 0 spiro atoms. The lowest BCUT2D eigenvalue weighted by atomic mass is 9.69. The number of H-pyrrole nitrogens is 1. The average Bonchev–Trinajstić information content (AvgIpc) is 3.43. The molecule has 5 rings (SSSR count). The van der Waals surface area contributed by atoms with Crippen LogP contribution in [0.5, 0.6) is 0 Å². The van der Waals surface area contributed by atoms with Gasteiger partial charge in [0.05, 0.1) is 23.4 Å². The molecule has 0 bridgehead atoms. The molecule has 1 amide bonds. The lowest BCUT2D eigenvalue weighted by molar-refractivity contribution is -0.141. The first kappa shape index (κ1) is 20.1. The van der Waals surface area contributed by atoms with Crippen molar-refractivity contribution in [3.63, 3.8) is 0 Å². The maximum absolute atomic E-state index is 14.5. The topological polar surface area (TPSA) is 56.3 Å². The molecule has 1 heterocycles. The number of aliphatic hydroxyl groups is 1. The molecule has 0 atom stereocenters. The number of hydrogen-bond acceptors (Lipinski definition) is 2. The molecule has 2 N–H and O–H groups in total. The van der Waals surface area contributed by atoms with E-state index in [0.29, 0.717) is 29.5 Å². The number of halogens is 3. The normalized spacial score (nSPS) is 21.7. The van der Waals surface area contributed by atoms with Crippen molar-refractivity contribution < 1.29 is 23.1 Å². The van der Waals surface area contributed by atoms with Gasteiger partial charge in [-0.15, -0.1) is 0 Å². The molecule has 0 radical (unpaired) electrons. The first-order valence-electron chi connectivity index (χ1n) is 10.5. The number of carbonyl (C=O) groups is 1. The van der Waals surface area contributed by atoms with E-state index >= 15 is 0 Å². The molecule has 31 heavy (non-hydrogen) atoms. The Hall–Kier alpha value is -2.80. The van der Waals surface area contributed by atoms with Crippen molar-refractivity contribution in [2.24, 2.45) is 5.92 Å². The molecule has 2 fully saturated rings. The lowest BCUT2D eigenvalue weighted by Gasteiger charge is -2.39. The highest BCUT2D eigenvalue weighted by Gasteiger charge is 2.50. The lowest BCUT2D eigenvalue weighted by Crippen LogP contribution is -2.47. The fourth-order valence-corrected chi connectivity index (χ4v) is 4.82. The second kappa shape index (κ2) is 7.12. The van der Waals surface area contributed by atoms with Crippen molar-refractivity contribution in [1.82, 2.24) is 9.88 Å². The number of amides is 1. The summed E-state index contributed by atoms with van der Waals surface area (Å²) in [7, 11) is 1.74. The Kier molecular flexibility index (Phi) is 4.62. The molecule has 0 saturated heterocycles. The van der Waals surface area contributed by atoms with E-state index in [4.69, 9.17) is 0 Å². The number of benzene rings is 2. The van der Waals surface area contributed by atoms with Gasteiger partial charge in [-0.05, 0) is 73.1 Å². The zero-order chi connectivity index (χ0) is 21.9. The molecule has 2 aliphatic carbocycles. The zero-order valence-electron chi connectivity index (χ0n) is 17.1. The number of likely N-dealkylation sites (N-methyl/N-ethyl adjacent to an activating group) is 1. The summed E-state index contributed by atoms with van der Waals surface area (Å²) >= 11 is 0. The Morgan fingerprint density at radius 3 is 2.42 bits per heavy atom. The Morgan fingerprint density at radius 2 is 1.81 bits per heavy atom. The van der Waals surface area contributed by atoms with E-state index in [1.165, 1.54) is 18.2 Å². The molecule has 2 saturated carbocycles. The average molecular weight is 428 g/mol. The van der Waals surface area contributed by atoms with Gasteiger partial charge >= 0.3 is 0 Å². The molecule has 7 heteroatoms. The van der Waals surface area contributed by atoms with Crippen molar-refractivity contribution in [2.75, 3.05) is 13.7 Å². The van der Waals surface area contributed by atoms with Crippen LogP contribution in [0.1, 0.15) is 37.2 Å². The second-order valence-electron chi connectivity index (χ2n) is 8.88. The molecule has 3 aromatic rings. The summed E-state index contributed by atoms with van der Waals surface area (Å²) in [5.74, 6) is -1.97. The van der Waals surface area contributed by atoms with Crippen LogP contribution in [-0.4, -0.2) is 40.1 Å². The van der Waals surface area contributed by atoms with Crippen molar-refractivity contribution in [2.45, 2.75) is 37.1 Å². The first-order valence-corrected chi connectivity index (χ1v) is 10.5. The Morgan fingerprint density at radius 1 is 1.13 bits per heavy atom. The number of aromatic amines is 1. The number of nitrogens with one attached hydrogen (secondary N) is 1. The van der Waals surface area contributed by atoms with Crippen molar-refractivity contribution >= 4 is 16.8 Å². The van der Waals surface area contributed by atoms with E-state index in [0.717, 1.165) is 24.5 Å². The SMILES string of the molecule is CN(C(=O)[C@H]1C[C@H](c2c(-c3ccc(F)cc3)[nH]c3c(F)cc(F)cc32)C1)C1(CO)CC1. The number of rotatable bonds is 5. The summed E-state index contributed by atoms with van der Waals surface area (Å²) in [5, 5.41) is 10.1. The van der Waals surface area contributed by atoms with Gasteiger partial charge in [0.25, 0.3) is 0 Å². The number of nitrogens with zero attached hydrogens (tertiary/aromatic N) is 1. The van der Waals surface area contributed by atoms with Gasteiger partial charge in [0.2, 0.25) is 5.91 Å². The third-order valence-corrected chi connectivity index (χ3v) is 7.06. The van der Waals surface area contributed by atoms with Crippen LogP contribution in [0, 0.1) is 23.4 Å². The van der Waals surface area contributed by atoms with E-state index < -0.39 is 17.2 Å². The van der Waals surface area contributed by atoms with Gasteiger partial charge in [-0.1, -0.05) is 0 Å². The van der Waals surface area contributed by atoms with Crippen LogP contribution >= 0.6 is 0 Å². The highest BCUT2D eigenvalue weighted by atomic mass is 19.1.